The van der Waals surface area contributed by atoms with Crippen LogP contribution in [0.5, 0.6) is 0 Å². The largest absolute Gasteiger partial charge is 0.372 e. The second-order valence-corrected chi connectivity index (χ2v) is 4.86. The Morgan fingerprint density at radius 1 is 1.24 bits per heavy atom. The smallest absolute Gasteiger partial charge is 0.258 e. The molecule has 2 aromatic carbocycles. The number of hydrogen-bond acceptors (Lipinski definition) is 3. The van der Waals surface area contributed by atoms with Crippen LogP contribution >= 0.6 is 0 Å². The van der Waals surface area contributed by atoms with E-state index >= 15 is 0 Å². The Kier molecular flexibility index (Phi) is 4.06. The average molecular weight is 288 g/mol. The molecule has 0 radical (unpaired) electrons. The van der Waals surface area contributed by atoms with Crippen molar-refractivity contribution in [1.29, 1.82) is 0 Å². The maximum atomic E-state index is 14.2. The van der Waals surface area contributed by atoms with Crippen LogP contribution in [0, 0.1) is 12.7 Å². The van der Waals surface area contributed by atoms with E-state index in [9.17, 15) is 14.3 Å². The molecule has 0 spiro atoms. The molecule has 0 aliphatic rings. The number of amides is 1. The summed E-state index contributed by atoms with van der Waals surface area (Å²) >= 11 is 0. The van der Waals surface area contributed by atoms with Crippen LogP contribution in [0.1, 0.15) is 22.3 Å². The minimum absolute atomic E-state index is 0.0350. The minimum Gasteiger partial charge on any atom is -0.372 e. The van der Waals surface area contributed by atoms with Gasteiger partial charge in [0.05, 0.1) is 0 Å². The normalized spacial score (nSPS) is 13.7. The third-order valence-corrected chi connectivity index (χ3v) is 3.62. The maximum Gasteiger partial charge on any atom is 0.258 e. The fourth-order valence-electron chi connectivity index (χ4n) is 2.40. The van der Waals surface area contributed by atoms with Crippen molar-refractivity contribution >= 4 is 5.91 Å². The zero-order valence-corrected chi connectivity index (χ0v) is 11.6. The van der Waals surface area contributed by atoms with Gasteiger partial charge in [-0.05, 0) is 18.1 Å². The molecule has 0 fully saturated rings. The van der Waals surface area contributed by atoms with Crippen molar-refractivity contribution in [2.24, 2.45) is 11.5 Å². The van der Waals surface area contributed by atoms with Crippen LogP contribution in [0.2, 0.25) is 0 Å². The third kappa shape index (κ3) is 2.41. The molecule has 21 heavy (non-hydrogen) atoms. The van der Waals surface area contributed by atoms with Crippen LogP contribution in [0.3, 0.4) is 0 Å². The summed E-state index contributed by atoms with van der Waals surface area (Å²) in [7, 11) is 0. The lowest BCUT2D eigenvalue weighted by molar-refractivity contribution is -0.133. The first-order valence-corrected chi connectivity index (χ1v) is 6.49. The summed E-state index contributed by atoms with van der Waals surface area (Å²) in [5.41, 5.74) is 9.64. The van der Waals surface area contributed by atoms with Crippen molar-refractivity contribution in [3.63, 3.8) is 0 Å². The predicted octanol–water partition coefficient (Wildman–Crippen LogP) is 1.31. The van der Waals surface area contributed by atoms with E-state index in [0.717, 1.165) is 0 Å². The molecule has 0 saturated carbocycles. The maximum absolute atomic E-state index is 14.2. The van der Waals surface area contributed by atoms with Crippen molar-refractivity contribution in [3.8, 4) is 0 Å². The van der Waals surface area contributed by atoms with E-state index in [2.05, 4.69) is 0 Å². The van der Waals surface area contributed by atoms with Gasteiger partial charge in [0, 0.05) is 17.7 Å². The van der Waals surface area contributed by atoms with Crippen molar-refractivity contribution in [3.05, 3.63) is 70.5 Å². The van der Waals surface area contributed by atoms with Gasteiger partial charge in [0.15, 0.2) is 5.60 Å². The molecule has 4 nitrogen and oxygen atoms in total. The number of halogens is 1. The van der Waals surface area contributed by atoms with Crippen LogP contribution in [-0.4, -0.2) is 11.0 Å². The first kappa shape index (κ1) is 15.2. The average Bonchev–Trinajstić information content (AvgIpc) is 2.50. The molecule has 0 saturated heterocycles. The molecule has 5 heteroatoms. The summed E-state index contributed by atoms with van der Waals surface area (Å²) in [6.07, 6.45) is 0. The number of rotatable bonds is 4. The van der Waals surface area contributed by atoms with E-state index in [4.69, 9.17) is 11.5 Å². The lowest BCUT2D eigenvalue weighted by Gasteiger charge is -2.28. The fraction of sp³-hybridized carbons (Fsp3) is 0.188. The molecular weight excluding hydrogens is 271 g/mol. The van der Waals surface area contributed by atoms with Gasteiger partial charge in [-0.15, -0.1) is 0 Å². The molecule has 2 rings (SSSR count). The van der Waals surface area contributed by atoms with E-state index in [1.807, 2.05) is 0 Å². The second kappa shape index (κ2) is 5.63. The lowest BCUT2D eigenvalue weighted by Crippen LogP contribution is -2.43. The molecular formula is C16H17FN2O2. The Balaban J connectivity index is 2.71. The lowest BCUT2D eigenvalue weighted by atomic mass is 9.82. The van der Waals surface area contributed by atoms with E-state index in [1.165, 1.54) is 19.1 Å². The molecule has 0 aromatic heterocycles. The number of nitrogens with two attached hydrogens (primary N) is 2. The van der Waals surface area contributed by atoms with Gasteiger partial charge in [0.2, 0.25) is 0 Å². The van der Waals surface area contributed by atoms with Gasteiger partial charge in [0.1, 0.15) is 5.82 Å². The van der Waals surface area contributed by atoms with Gasteiger partial charge in [-0.3, -0.25) is 4.79 Å². The Labute approximate surface area is 122 Å². The molecule has 0 aliphatic carbocycles. The number of carbonyl (C=O) groups is 1. The molecule has 2 aromatic rings. The summed E-state index contributed by atoms with van der Waals surface area (Å²) in [4.78, 5) is 11.9. The number of aliphatic hydroxyl groups is 1. The topological polar surface area (TPSA) is 89.3 Å². The highest BCUT2D eigenvalue weighted by atomic mass is 19.1. The van der Waals surface area contributed by atoms with Gasteiger partial charge in [-0.25, -0.2) is 4.39 Å². The van der Waals surface area contributed by atoms with E-state index < -0.39 is 17.3 Å². The van der Waals surface area contributed by atoms with Crippen molar-refractivity contribution in [2.75, 3.05) is 0 Å². The van der Waals surface area contributed by atoms with Crippen LogP contribution in [-0.2, 0) is 16.9 Å². The fourth-order valence-corrected chi connectivity index (χ4v) is 2.40. The van der Waals surface area contributed by atoms with Gasteiger partial charge in [-0.1, -0.05) is 42.5 Å². The summed E-state index contributed by atoms with van der Waals surface area (Å²) in [6.45, 7) is 1.52. The molecule has 1 atom stereocenters. The summed E-state index contributed by atoms with van der Waals surface area (Å²) in [6, 6.07) is 11.2. The van der Waals surface area contributed by atoms with E-state index in [0.29, 0.717) is 11.1 Å². The van der Waals surface area contributed by atoms with Gasteiger partial charge in [-0.2, -0.15) is 0 Å². The third-order valence-electron chi connectivity index (χ3n) is 3.62. The molecule has 0 bridgehead atoms. The molecule has 5 N–H and O–H groups in total. The number of primary amides is 1. The highest BCUT2D eigenvalue weighted by molar-refractivity contribution is 5.89. The van der Waals surface area contributed by atoms with Crippen LogP contribution < -0.4 is 11.5 Å². The highest BCUT2D eigenvalue weighted by Crippen LogP contribution is 2.33. The van der Waals surface area contributed by atoms with E-state index in [1.54, 1.807) is 30.3 Å². The van der Waals surface area contributed by atoms with Crippen molar-refractivity contribution in [2.45, 2.75) is 19.1 Å². The van der Waals surface area contributed by atoms with Crippen LogP contribution in [0.15, 0.2) is 42.5 Å². The van der Waals surface area contributed by atoms with Gasteiger partial charge >= 0.3 is 0 Å². The standard InChI is InChI=1S/C16H17FN2O2/c1-10-13(8-7-11(9-18)14(10)17)16(21,15(19)20)12-5-3-2-4-6-12/h2-8,21H,9,18H2,1H3,(H2,19,20). The predicted molar refractivity (Wildman–Crippen MR) is 77.7 cm³/mol. The Bertz CT molecular complexity index is 673. The van der Waals surface area contributed by atoms with Crippen molar-refractivity contribution in [1.82, 2.24) is 0 Å². The highest BCUT2D eigenvalue weighted by Gasteiger charge is 2.40. The summed E-state index contributed by atoms with van der Waals surface area (Å²) in [5.74, 6) is -1.50. The zero-order chi connectivity index (χ0) is 15.6. The monoisotopic (exact) mass is 288 g/mol. The number of carbonyl (C=O) groups excluding carboxylic acids is 1. The Morgan fingerprint density at radius 3 is 2.38 bits per heavy atom. The van der Waals surface area contributed by atoms with Gasteiger partial charge < -0.3 is 16.6 Å². The zero-order valence-electron chi connectivity index (χ0n) is 11.6. The molecule has 1 amide bonds. The van der Waals surface area contributed by atoms with Crippen LogP contribution in [0.25, 0.3) is 0 Å². The first-order valence-electron chi connectivity index (χ1n) is 6.49. The minimum atomic E-state index is -2.08. The van der Waals surface area contributed by atoms with E-state index in [-0.39, 0.29) is 17.7 Å². The summed E-state index contributed by atoms with van der Waals surface area (Å²) in [5, 5.41) is 10.8. The van der Waals surface area contributed by atoms with Crippen LogP contribution in [0.4, 0.5) is 4.39 Å². The Hall–Kier alpha value is -2.24. The quantitative estimate of drug-likeness (QED) is 0.792. The van der Waals surface area contributed by atoms with Gasteiger partial charge in [0.25, 0.3) is 5.91 Å². The SMILES string of the molecule is Cc1c(C(O)(C(N)=O)c2ccccc2)ccc(CN)c1F. The number of benzene rings is 2. The Morgan fingerprint density at radius 2 is 1.86 bits per heavy atom. The molecule has 110 valence electrons. The first-order chi connectivity index (χ1) is 9.92. The second-order valence-electron chi connectivity index (χ2n) is 4.86. The molecule has 1 unspecified atom stereocenters. The summed E-state index contributed by atoms with van der Waals surface area (Å²) < 4.78 is 14.2. The molecule has 0 aliphatic heterocycles. The number of hydrogen-bond donors (Lipinski definition) is 3. The molecule has 0 heterocycles. The van der Waals surface area contributed by atoms with Crippen molar-refractivity contribution < 1.29 is 14.3 Å².